The first-order valence-corrected chi connectivity index (χ1v) is 6.21. The number of ether oxygens (including phenoxy) is 1. The van der Waals surface area contributed by atoms with E-state index in [0.717, 1.165) is 0 Å². The highest BCUT2D eigenvalue weighted by Gasteiger charge is 2.13. The molecule has 1 heterocycles. The van der Waals surface area contributed by atoms with Gasteiger partial charge in [0.25, 0.3) is 0 Å². The van der Waals surface area contributed by atoms with Crippen LogP contribution in [0.15, 0.2) is 30.5 Å². The second kappa shape index (κ2) is 6.60. The molecule has 8 heteroatoms. The Morgan fingerprint density at radius 1 is 1.38 bits per heavy atom. The Balaban J connectivity index is 1.97. The lowest BCUT2D eigenvalue weighted by Gasteiger charge is -2.05. The number of hydrogen-bond acceptors (Lipinski definition) is 5. The van der Waals surface area contributed by atoms with Crippen LogP contribution in [-0.2, 0) is 16.1 Å². The Morgan fingerprint density at radius 2 is 2.14 bits per heavy atom. The molecule has 0 aliphatic heterocycles. The number of nitrogens with one attached hydrogen (secondary N) is 1. The van der Waals surface area contributed by atoms with Crippen molar-refractivity contribution in [2.75, 3.05) is 11.9 Å². The van der Waals surface area contributed by atoms with Gasteiger partial charge in [0.15, 0.2) is 5.69 Å². The summed E-state index contributed by atoms with van der Waals surface area (Å²) >= 11 is 0. The molecule has 2 aromatic rings. The zero-order valence-electron chi connectivity index (χ0n) is 11.2. The van der Waals surface area contributed by atoms with Gasteiger partial charge in [-0.3, -0.25) is 4.79 Å². The number of aromatic nitrogens is 3. The van der Waals surface area contributed by atoms with Gasteiger partial charge in [-0.05, 0) is 19.1 Å². The molecule has 1 aromatic heterocycles. The first kappa shape index (κ1) is 14.6. The largest absolute Gasteiger partial charge is 0.461 e. The number of carbonyl (C=O) groups is 2. The molecule has 21 heavy (non-hydrogen) atoms. The molecule has 0 aliphatic rings. The first-order chi connectivity index (χ1) is 10.1. The number of hydrogen-bond donors (Lipinski definition) is 1. The Kier molecular flexibility index (Phi) is 4.60. The number of para-hydroxylation sites is 1. The van der Waals surface area contributed by atoms with Crippen LogP contribution in [0.25, 0.3) is 0 Å². The fourth-order valence-corrected chi connectivity index (χ4v) is 1.57. The van der Waals surface area contributed by atoms with Crippen LogP contribution in [0.4, 0.5) is 10.1 Å². The summed E-state index contributed by atoms with van der Waals surface area (Å²) in [5.74, 6) is -1.63. The molecule has 1 aromatic carbocycles. The van der Waals surface area contributed by atoms with E-state index in [1.54, 1.807) is 13.0 Å². The Morgan fingerprint density at radius 3 is 2.86 bits per heavy atom. The molecule has 0 saturated heterocycles. The summed E-state index contributed by atoms with van der Waals surface area (Å²) < 4.78 is 19.3. The summed E-state index contributed by atoms with van der Waals surface area (Å²) in [6, 6.07) is 5.81. The van der Waals surface area contributed by atoms with E-state index in [2.05, 4.69) is 15.6 Å². The van der Waals surface area contributed by atoms with Gasteiger partial charge in [-0.1, -0.05) is 17.3 Å². The average molecular weight is 292 g/mol. The Bertz CT molecular complexity index is 656. The third kappa shape index (κ3) is 3.85. The SMILES string of the molecule is CCOC(=O)c1cn(CC(=O)Nc2ccccc2F)nn1. The minimum atomic E-state index is -0.613. The van der Waals surface area contributed by atoms with Crippen molar-refractivity contribution in [1.82, 2.24) is 15.0 Å². The van der Waals surface area contributed by atoms with Gasteiger partial charge >= 0.3 is 5.97 Å². The summed E-state index contributed by atoms with van der Waals surface area (Å²) in [5.41, 5.74) is 0.0868. The number of benzene rings is 1. The maximum Gasteiger partial charge on any atom is 0.360 e. The fourth-order valence-electron chi connectivity index (χ4n) is 1.57. The van der Waals surface area contributed by atoms with E-state index in [9.17, 15) is 14.0 Å². The second-order valence-electron chi connectivity index (χ2n) is 4.05. The molecule has 0 radical (unpaired) electrons. The minimum Gasteiger partial charge on any atom is -0.461 e. The summed E-state index contributed by atoms with van der Waals surface area (Å²) in [6.45, 7) is 1.70. The van der Waals surface area contributed by atoms with Crippen molar-refractivity contribution in [3.63, 3.8) is 0 Å². The van der Waals surface area contributed by atoms with Gasteiger partial charge < -0.3 is 10.1 Å². The molecule has 7 nitrogen and oxygen atoms in total. The molecular weight excluding hydrogens is 279 g/mol. The molecule has 110 valence electrons. The molecule has 0 aliphatic carbocycles. The van der Waals surface area contributed by atoms with Crippen LogP contribution in [0.2, 0.25) is 0 Å². The molecule has 0 bridgehead atoms. The maximum atomic E-state index is 13.4. The highest BCUT2D eigenvalue weighted by molar-refractivity contribution is 5.91. The maximum absolute atomic E-state index is 13.4. The van der Waals surface area contributed by atoms with Gasteiger partial charge in [0.2, 0.25) is 5.91 Å². The van der Waals surface area contributed by atoms with Gasteiger partial charge in [0.05, 0.1) is 18.5 Å². The highest BCUT2D eigenvalue weighted by Crippen LogP contribution is 2.12. The van der Waals surface area contributed by atoms with Crippen molar-refractivity contribution in [3.05, 3.63) is 42.0 Å². The zero-order valence-corrected chi connectivity index (χ0v) is 11.2. The Hall–Kier alpha value is -2.77. The van der Waals surface area contributed by atoms with E-state index in [-0.39, 0.29) is 24.5 Å². The van der Waals surface area contributed by atoms with Crippen LogP contribution in [-0.4, -0.2) is 33.5 Å². The lowest BCUT2D eigenvalue weighted by Crippen LogP contribution is -2.19. The number of anilines is 1. The number of carbonyl (C=O) groups excluding carboxylic acids is 2. The number of amides is 1. The number of esters is 1. The average Bonchev–Trinajstić information content (AvgIpc) is 2.90. The number of rotatable bonds is 5. The van der Waals surface area contributed by atoms with Crippen LogP contribution in [0.1, 0.15) is 17.4 Å². The van der Waals surface area contributed by atoms with Crippen LogP contribution in [0, 0.1) is 5.82 Å². The van der Waals surface area contributed by atoms with E-state index in [4.69, 9.17) is 4.74 Å². The Labute approximate surface area is 119 Å². The molecule has 1 N–H and O–H groups in total. The molecule has 2 rings (SSSR count). The molecule has 0 spiro atoms. The third-order valence-electron chi connectivity index (χ3n) is 2.48. The highest BCUT2D eigenvalue weighted by atomic mass is 19.1. The van der Waals surface area contributed by atoms with Crippen molar-refractivity contribution < 1.29 is 18.7 Å². The summed E-state index contributed by atoms with van der Waals surface area (Å²) in [5, 5.41) is 9.64. The van der Waals surface area contributed by atoms with Crippen molar-refractivity contribution in [2.45, 2.75) is 13.5 Å². The van der Waals surface area contributed by atoms with E-state index in [1.165, 1.54) is 29.1 Å². The van der Waals surface area contributed by atoms with Crippen molar-refractivity contribution >= 4 is 17.6 Å². The fraction of sp³-hybridized carbons (Fsp3) is 0.231. The van der Waals surface area contributed by atoms with Gasteiger partial charge in [-0.2, -0.15) is 0 Å². The van der Waals surface area contributed by atoms with Crippen molar-refractivity contribution in [3.8, 4) is 0 Å². The predicted molar refractivity (Wildman–Crippen MR) is 71.0 cm³/mol. The molecule has 0 unspecified atom stereocenters. The monoisotopic (exact) mass is 292 g/mol. The van der Waals surface area contributed by atoms with Gasteiger partial charge in [-0.15, -0.1) is 5.10 Å². The lowest BCUT2D eigenvalue weighted by atomic mass is 10.3. The molecule has 0 atom stereocenters. The van der Waals surface area contributed by atoms with Crippen LogP contribution in [0.5, 0.6) is 0 Å². The number of nitrogens with zero attached hydrogens (tertiary/aromatic N) is 3. The van der Waals surface area contributed by atoms with Crippen LogP contribution >= 0.6 is 0 Å². The van der Waals surface area contributed by atoms with Crippen molar-refractivity contribution in [1.29, 1.82) is 0 Å². The van der Waals surface area contributed by atoms with Gasteiger partial charge in [0, 0.05) is 0 Å². The summed E-state index contributed by atoms with van der Waals surface area (Å²) in [6.07, 6.45) is 1.29. The second-order valence-corrected chi connectivity index (χ2v) is 4.05. The summed E-state index contributed by atoms with van der Waals surface area (Å²) in [7, 11) is 0. The molecule has 1 amide bonds. The van der Waals surface area contributed by atoms with Crippen LogP contribution < -0.4 is 5.32 Å². The van der Waals surface area contributed by atoms with Crippen molar-refractivity contribution in [2.24, 2.45) is 0 Å². The standard InChI is InChI=1S/C13H13FN4O3/c1-2-21-13(20)11-7-18(17-16-11)8-12(19)15-10-6-4-3-5-9(10)14/h3-7H,2,8H2,1H3,(H,15,19). The predicted octanol–water partition coefficient (Wildman–Crippen LogP) is 1.23. The van der Waals surface area contributed by atoms with E-state index < -0.39 is 17.7 Å². The quantitative estimate of drug-likeness (QED) is 0.838. The topological polar surface area (TPSA) is 86.1 Å². The summed E-state index contributed by atoms with van der Waals surface area (Å²) in [4.78, 5) is 23.1. The molecule has 0 fully saturated rings. The lowest BCUT2D eigenvalue weighted by molar-refractivity contribution is -0.117. The normalized spacial score (nSPS) is 10.2. The number of halogens is 1. The van der Waals surface area contributed by atoms with E-state index in [0.29, 0.717) is 0 Å². The molecular formula is C13H13FN4O3. The minimum absolute atomic E-state index is 0.00976. The third-order valence-corrected chi connectivity index (χ3v) is 2.48. The zero-order chi connectivity index (χ0) is 15.2. The van der Waals surface area contributed by atoms with Crippen LogP contribution in [0.3, 0.4) is 0 Å². The van der Waals surface area contributed by atoms with Gasteiger partial charge in [0.1, 0.15) is 12.4 Å². The molecule has 0 saturated carbocycles. The van der Waals surface area contributed by atoms with E-state index >= 15 is 0 Å². The van der Waals surface area contributed by atoms with Gasteiger partial charge in [-0.25, -0.2) is 13.9 Å². The van der Waals surface area contributed by atoms with E-state index in [1.807, 2.05) is 0 Å². The first-order valence-electron chi connectivity index (χ1n) is 6.21. The smallest absolute Gasteiger partial charge is 0.360 e.